The predicted molar refractivity (Wildman–Crippen MR) is 113 cm³/mol. The number of hydrogen-bond donors (Lipinski definition) is 1. The van der Waals surface area contributed by atoms with Crippen LogP contribution in [-0.2, 0) is 4.79 Å². The van der Waals surface area contributed by atoms with Crippen LogP contribution >= 0.6 is 22.9 Å². The molecule has 1 aromatic heterocycles. The summed E-state index contributed by atoms with van der Waals surface area (Å²) >= 11 is 7.53. The molecule has 2 N–H and O–H groups in total. The zero-order chi connectivity index (χ0) is 21.1. The van der Waals surface area contributed by atoms with Crippen molar-refractivity contribution in [2.24, 2.45) is 5.73 Å². The number of esters is 1. The van der Waals surface area contributed by atoms with Crippen molar-refractivity contribution in [3.05, 3.63) is 86.9 Å². The summed E-state index contributed by atoms with van der Waals surface area (Å²) in [4.78, 5) is 13.1. The molecule has 2 aromatic carbocycles. The molecule has 0 bridgehead atoms. The number of thiophene rings is 1. The van der Waals surface area contributed by atoms with Gasteiger partial charge in [0.2, 0.25) is 5.88 Å². The average molecular weight is 439 g/mol. The van der Waals surface area contributed by atoms with Crippen molar-refractivity contribution in [1.29, 1.82) is 5.26 Å². The van der Waals surface area contributed by atoms with Gasteiger partial charge in [0.25, 0.3) is 0 Å². The first-order valence-electron chi connectivity index (χ1n) is 8.89. The van der Waals surface area contributed by atoms with Gasteiger partial charge in [-0.3, -0.25) is 0 Å². The second-order valence-electron chi connectivity index (χ2n) is 6.33. The SMILES string of the molecule is N#CC1=C(N)Oc2cc(OC(=O)COc3ccccc3Cl)ccc2C1c1cccs1. The van der Waals surface area contributed by atoms with Crippen molar-refractivity contribution in [3.63, 3.8) is 0 Å². The van der Waals surface area contributed by atoms with Crippen LogP contribution in [0.2, 0.25) is 5.02 Å². The number of allylic oxidation sites excluding steroid dienone is 1. The number of nitrogens with zero attached hydrogens (tertiary/aromatic N) is 1. The largest absolute Gasteiger partial charge is 0.480 e. The first kappa shape index (κ1) is 19.8. The number of nitriles is 1. The highest BCUT2D eigenvalue weighted by Crippen LogP contribution is 2.44. The number of fused-ring (bicyclic) bond motifs is 1. The van der Waals surface area contributed by atoms with Crippen LogP contribution in [0.15, 0.2) is 71.4 Å². The Balaban J connectivity index is 1.52. The van der Waals surface area contributed by atoms with Gasteiger partial charge in [-0.05, 0) is 29.6 Å². The first-order chi connectivity index (χ1) is 14.6. The fourth-order valence-corrected chi connectivity index (χ4v) is 4.15. The van der Waals surface area contributed by atoms with E-state index in [1.165, 1.54) is 11.3 Å². The molecule has 0 spiro atoms. The van der Waals surface area contributed by atoms with Crippen LogP contribution in [0.1, 0.15) is 16.4 Å². The van der Waals surface area contributed by atoms with Gasteiger partial charge >= 0.3 is 5.97 Å². The highest BCUT2D eigenvalue weighted by Gasteiger charge is 2.31. The summed E-state index contributed by atoms with van der Waals surface area (Å²) in [5.41, 5.74) is 7.10. The van der Waals surface area contributed by atoms with E-state index in [-0.39, 0.29) is 24.2 Å². The smallest absolute Gasteiger partial charge is 0.349 e. The molecule has 0 fully saturated rings. The van der Waals surface area contributed by atoms with E-state index in [9.17, 15) is 10.1 Å². The summed E-state index contributed by atoms with van der Waals surface area (Å²) in [5.74, 6) is 0.218. The monoisotopic (exact) mass is 438 g/mol. The molecule has 3 aromatic rings. The van der Waals surface area contributed by atoms with Crippen molar-refractivity contribution in [2.75, 3.05) is 6.61 Å². The fraction of sp³-hybridized carbons (Fsp3) is 0.0909. The van der Waals surface area contributed by atoms with Crippen LogP contribution in [-0.4, -0.2) is 12.6 Å². The van der Waals surface area contributed by atoms with Crippen LogP contribution < -0.4 is 19.9 Å². The minimum Gasteiger partial charge on any atom is -0.480 e. The highest BCUT2D eigenvalue weighted by molar-refractivity contribution is 7.10. The minimum absolute atomic E-state index is 0.0360. The zero-order valence-electron chi connectivity index (χ0n) is 15.5. The number of halogens is 1. The summed E-state index contributed by atoms with van der Waals surface area (Å²) < 4.78 is 16.4. The van der Waals surface area contributed by atoms with Crippen LogP contribution in [0, 0.1) is 11.3 Å². The van der Waals surface area contributed by atoms with E-state index in [4.69, 9.17) is 31.5 Å². The third-order valence-corrected chi connectivity index (χ3v) is 5.68. The van der Waals surface area contributed by atoms with Crippen molar-refractivity contribution in [3.8, 4) is 23.3 Å². The number of benzene rings is 2. The number of rotatable bonds is 5. The minimum atomic E-state index is -0.596. The van der Waals surface area contributed by atoms with Gasteiger partial charge in [-0.2, -0.15) is 5.26 Å². The Hall–Kier alpha value is -3.47. The van der Waals surface area contributed by atoms with Crippen LogP contribution in [0.5, 0.6) is 17.2 Å². The lowest BCUT2D eigenvalue weighted by molar-refractivity contribution is -0.136. The Morgan fingerprint density at radius 2 is 2.07 bits per heavy atom. The lowest BCUT2D eigenvalue weighted by Gasteiger charge is -2.25. The third-order valence-electron chi connectivity index (χ3n) is 4.43. The second-order valence-corrected chi connectivity index (χ2v) is 7.72. The van der Waals surface area contributed by atoms with Gasteiger partial charge in [0.15, 0.2) is 6.61 Å². The van der Waals surface area contributed by atoms with E-state index in [0.717, 1.165) is 10.4 Å². The van der Waals surface area contributed by atoms with Gasteiger partial charge < -0.3 is 19.9 Å². The third kappa shape index (κ3) is 3.96. The molecule has 30 heavy (non-hydrogen) atoms. The molecule has 0 saturated heterocycles. The maximum atomic E-state index is 12.2. The number of para-hydroxylation sites is 1. The molecule has 6 nitrogen and oxygen atoms in total. The lowest BCUT2D eigenvalue weighted by Crippen LogP contribution is -2.21. The van der Waals surface area contributed by atoms with Crippen molar-refractivity contribution in [2.45, 2.75) is 5.92 Å². The molecule has 1 unspecified atom stereocenters. The summed E-state index contributed by atoms with van der Waals surface area (Å²) in [6.07, 6.45) is 0. The number of ether oxygens (including phenoxy) is 3. The standard InChI is InChI=1S/C22H15ClN2O4S/c23-16-4-1-2-5-17(16)27-12-20(26)28-13-7-8-14-18(10-13)29-22(25)15(11-24)21(14)19-6-3-9-30-19/h1-10,21H,12,25H2. The lowest BCUT2D eigenvalue weighted by atomic mass is 9.88. The molecule has 1 aliphatic heterocycles. The van der Waals surface area contributed by atoms with E-state index >= 15 is 0 Å². The molecular weight excluding hydrogens is 424 g/mol. The van der Waals surface area contributed by atoms with Crippen LogP contribution in [0.25, 0.3) is 0 Å². The maximum absolute atomic E-state index is 12.2. The topological polar surface area (TPSA) is 94.6 Å². The molecule has 8 heteroatoms. The van der Waals surface area contributed by atoms with Gasteiger partial charge in [-0.25, -0.2) is 4.79 Å². The summed E-state index contributed by atoms with van der Waals surface area (Å²) in [6, 6.07) is 17.8. The Bertz CT molecular complexity index is 1170. The fourth-order valence-electron chi connectivity index (χ4n) is 3.11. The molecule has 0 aliphatic carbocycles. The Labute approximate surface area is 181 Å². The normalized spacial score (nSPS) is 15.0. The van der Waals surface area contributed by atoms with Gasteiger partial charge in [0.1, 0.15) is 28.9 Å². The molecule has 0 amide bonds. The Kier molecular flexibility index (Phi) is 5.61. The number of nitrogens with two attached hydrogens (primary N) is 1. The molecular formula is C22H15ClN2O4S. The summed E-state index contributed by atoms with van der Waals surface area (Å²) in [7, 11) is 0. The summed E-state index contributed by atoms with van der Waals surface area (Å²) in [6.45, 7) is -0.305. The van der Waals surface area contributed by atoms with Gasteiger partial charge in [-0.15, -0.1) is 11.3 Å². The van der Waals surface area contributed by atoms with E-state index in [2.05, 4.69) is 6.07 Å². The number of carbonyl (C=O) groups is 1. The van der Waals surface area contributed by atoms with Gasteiger partial charge in [0.05, 0.1) is 10.9 Å². The molecule has 4 rings (SSSR count). The molecule has 0 saturated carbocycles. The van der Waals surface area contributed by atoms with Crippen LogP contribution in [0.4, 0.5) is 0 Å². The predicted octanol–water partition coefficient (Wildman–Crippen LogP) is 4.60. The molecule has 1 atom stereocenters. The van der Waals surface area contributed by atoms with Crippen molar-refractivity contribution >= 4 is 28.9 Å². The van der Waals surface area contributed by atoms with E-state index in [1.54, 1.807) is 42.5 Å². The zero-order valence-corrected chi connectivity index (χ0v) is 17.1. The van der Waals surface area contributed by atoms with Crippen molar-refractivity contribution in [1.82, 2.24) is 0 Å². The van der Waals surface area contributed by atoms with Gasteiger partial charge in [0, 0.05) is 16.5 Å². The Morgan fingerprint density at radius 3 is 2.80 bits per heavy atom. The molecule has 150 valence electrons. The van der Waals surface area contributed by atoms with E-state index in [1.807, 2.05) is 17.5 Å². The van der Waals surface area contributed by atoms with Gasteiger partial charge in [-0.1, -0.05) is 35.9 Å². The first-order valence-corrected chi connectivity index (χ1v) is 10.2. The van der Waals surface area contributed by atoms with Crippen molar-refractivity contribution < 1.29 is 19.0 Å². The molecule has 1 aliphatic rings. The number of hydrogen-bond acceptors (Lipinski definition) is 7. The van der Waals surface area contributed by atoms with E-state index < -0.39 is 5.97 Å². The molecule has 0 radical (unpaired) electrons. The highest BCUT2D eigenvalue weighted by atomic mass is 35.5. The molecule has 2 heterocycles. The van der Waals surface area contributed by atoms with E-state index in [0.29, 0.717) is 22.1 Å². The Morgan fingerprint density at radius 1 is 1.23 bits per heavy atom. The maximum Gasteiger partial charge on any atom is 0.349 e. The second kappa shape index (κ2) is 8.49. The van der Waals surface area contributed by atoms with Crippen LogP contribution in [0.3, 0.4) is 0 Å². The average Bonchev–Trinajstić information content (AvgIpc) is 3.26. The number of carbonyl (C=O) groups excluding carboxylic acids is 1. The summed E-state index contributed by atoms with van der Waals surface area (Å²) in [5, 5.41) is 11.9. The quantitative estimate of drug-likeness (QED) is 0.462.